The van der Waals surface area contributed by atoms with E-state index in [-0.39, 0.29) is 17.3 Å². The van der Waals surface area contributed by atoms with Gasteiger partial charge in [-0.25, -0.2) is 8.42 Å². The predicted molar refractivity (Wildman–Crippen MR) is 111 cm³/mol. The SMILES string of the molecule is Cc1ccc(S(=O)(=O)N2CCCCC2)cc1NCC(=O)NCc1ccccc1. The summed E-state index contributed by atoms with van der Waals surface area (Å²) in [6.45, 7) is 3.58. The molecule has 0 aromatic heterocycles. The molecule has 7 heteroatoms. The van der Waals surface area contributed by atoms with Crippen LogP contribution in [0.15, 0.2) is 53.4 Å². The van der Waals surface area contributed by atoms with Crippen molar-refractivity contribution in [3.8, 4) is 0 Å². The molecular formula is C21H27N3O3S. The summed E-state index contributed by atoms with van der Waals surface area (Å²) in [5, 5.41) is 5.93. The lowest BCUT2D eigenvalue weighted by molar-refractivity contribution is -0.119. The van der Waals surface area contributed by atoms with Gasteiger partial charge in [-0.1, -0.05) is 42.8 Å². The Labute approximate surface area is 167 Å². The van der Waals surface area contributed by atoms with Gasteiger partial charge in [0.25, 0.3) is 0 Å². The van der Waals surface area contributed by atoms with E-state index < -0.39 is 10.0 Å². The standard InChI is InChI=1S/C21H27N3O3S/c1-17-10-11-19(28(26,27)24-12-6-3-7-13-24)14-20(17)22-16-21(25)23-15-18-8-4-2-5-9-18/h2,4-5,8-11,14,22H,3,6-7,12-13,15-16H2,1H3,(H,23,25). The highest BCUT2D eigenvalue weighted by Crippen LogP contribution is 2.25. The minimum atomic E-state index is -3.49. The van der Waals surface area contributed by atoms with Crippen LogP contribution >= 0.6 is 0 Å². The molecule has 1 saturated heterocycles. The number of carbonyl (C=O) groups excluding carboxylic acids is 1. The lowest BCUT2D eigenvalue weighted by atomic mass is 10.2. The van der Waals surface area contributed by atoms with Gasteiger partial charge in [0.2, 0.25) is 15.9 Å². The van der Waals surface area contributed by atoms with Crippen molar-refractivity contribution in [2.45, 2.75) is 37.6 Å². The number of benzene rings is 2. The molecule has 1 fully saturated rings. The Morgan fingerprint density at radius 3 is 2.46 bits per heavy atom. The maximum Gasteiger partial charge on any atom is 0.243 e. The summed E-state index contributed by atoms with van der Waals surface area (Å²) in [6.07, 6.45) is 2.88. The first-order valence-electron chi connectivity index (χ1n) is 9.62. The molecule has 2 aromatic carbocycles. The Kier molecular flexibility index (Phi) is 6.70. The fourth-order valence-electron chi connectivity index (χ4n) is 3.24. The number of hydrogen-bond donors (Lipinski definition) is 2. The fraction of sp³-hybridized carbons (Fsp3) is 0.381. The van der Waals surface area contributed by atoms with Gasteiger partial charge in [0.1, 0.15) is 0 Å². The van der Waals surface area contributed by atoms with E-state index in [9.17, 15) is 13.2 Å². The second-order valence-electron chi connectivity index (χ2n) is 7.06. The molecule has 6 nitrogen and oxygen atoms in total. The molecule has 0 atom stereocenters. The van der Waals surface area contributed by atoms with Crippen molar-refractivity contribution in [1.29, 1.82) is 0 Å². The number of amides is 1. The van der Waals surface area contributed by atoms with Crippen LogP contribution in [0.5, 0.6) is 0 Å². The van der Waals surface area contributed by atoms with E-state index in [1.165, 1.54) is 0 Å². The van der Waals surface area contributed by atoms with E-state index in [0.29, 0.717) is 25.3 Å². The van der Waals surface area contributed by atoms with E-state index in [1.54, 1.807) is 22.5 Å². The Balaban J connectivity index is 1.62. The zero-order valence-corrected chi connectivity index (χ0v) is 17.0. The number of sulfonamides is 1. The maximum atomic E-state index is 12.9. The van der Waals surface area contributed by atoms with Crippen LogP contribution in [-0.4, -0.2) is 38.3 Å². The number of nitrogens with one attached hydrogen (secondary N) is 2. The molecule has 0 spiro atoms. The first-order chi connectivity index (χ1) is 13.5. The molecule has 1 aliphatic rings. The molecule has 1 amide bonds. The third-order valence-electron chi connectivity index (χ3n) is 4.93. The fourth-order valence-corrected chi connectivity index (χ4v) is 4.78. The lowest BCUT2D eigenvalue weighted by Crippen LogP contribution is -2.35. The van der Waals surface area contributed by atoms with E-state index in [2.05, 4.69) is 10.6 Å². The molecule has 28 heavy (non-hydrogen) atoms. The summed E-state index contributed by atoms with van der Waals surface area (Å²) < 4.78 is 27.3. The number of anilines is 1. The molecule has 1 aliphatic heterocycles. The largest absolute Gasteiger partial charge is 0.376 e. The third-order valence-corrected chi connectivity index (χ3v) is 6.83. The maximum absolute atomic E-state index is 12.9. The number of rotatable bonds is 7. The Morgan fingerprint density at radius 1 is 1.04 bits per heavy atom. The first-order valence-corrected chi connectivity index (χ1v) is 11.1. The van der Waals surface area contributed by atoms with Crippen LogP contribution in [0.4, 0.5) is 5.69 Å². The Morgan fingerprint density at radius 2 is 1.75 bits per heavy atom. The van der Waals surface area contributed by atoms with Crippen molar-refractivity contribution in [3.05, 3.63) is 59.7 Å². The minimum Gasteiger partial charge on any atom is -0.376 e. The van der Waals surface area contributed by atoms with Gasteiger partial charge >= 0.3 is 0 Å². The van der Waals surface area contributed by atoms with Gasteiger partial charge in [0.15, 0.2) is 0 Å². The van der Waals surface area contributed by atoms with E-state index in [4.69, 9.17) is 0 Å². The number of hydrogen-bond acceptors (Lipinski definition) is 4. The first kappa shape index (κ1) is 20.4. The van der Waals surface area contributed by atoms with Crippen LogP contribution in [0, 0.1) is 6.92 Å². The van der Waals surface area contributed by atoms with Gasteiger partial charge in [0, 0.05) is 25.3 Å². The van der Waals surface area contributed by atoms with Crippen LogP contribution in [0.1, 0.15) is 30.4 Å². The highest BCUT2D eigenvalue weighted by molar-refractivity contribution is 7.89. The van der Waals surface area contributed by atoms with Gasteiger partial charge in [-0.2, -0.15) is 4.31 Å². The van der Waals surface area contributed by atoms with E-state index >= 15 is 0 Å². The Bertz CT molecular complexity index is 908. The van der Waals surface area contributed by atoms with Crippen molar-refractivity contribution in [1.82, 2.24) is 9.62 Å². The van der Waals surface area contributed by atoms with Gasteiger partial charge < -0.3 is 10.6 Å². The van der Waals surface area contributed by atoms with Gasteiger partial charge in [0.05, 0.1) is 11.4 Å². The third kappa shape index (κ3) is 5.11. The predicted octanol–water partition coefficient (Wildman–Crippen LogP) is 2.90. The summed E-state index contributed by atoms with van der Waals surface area (Å²) in [6, 6.07) is 14.7. The number of piperidine rings is 1. The zero-order chi connectivity index (χ0) is 20.0. The van der Waals surface area contributed by atoms with Gasteiger partial charge in [-0.3, -0.25) is 4.79 Å². The second-order valence-corrected chi connectivity index (χ2v) is 9.00. The Hall–Kier alpha value is -2.38. The minimum absolute atomic E-state index is 0.0842. The molecule has 0 radical (unpaired) electrons. The molecule has 0 aliphatic carbocycles. The highest BCUT2D eigenvalue weighted by atomic mass is 32.2. The van der Waals surface area contributed by atoms with Crippen molar-refractivity contribution in [2.75, 3.05) is 25.0 Å². The molecule has 3 rings (SSSR count). The lowest BCUT2D eigenvalue weighted by Gasteiger charge is -2.26. The van der Waals surface area contributed by atoms with Crippen LogP contribution < -0.4 is 10.6 Å². The normalized spacial score (nSPS) is 15.2. The number of carbonyl (C=O) groups is 1. The molecule has 2 aromatic rings. The summed E-state index contributed by atoms with van der Waals surface area (Å²) in [4.78, 5) is 12.4. The van der Waals surface area contributed by atoms with Gasteiger partial charge in [-0.05, 0) is 43.0 Å². The summed E-state index contributed by atoms with van der Waals surface area (Å²) in [5.74, 6) is -0.146. The number of aryl methyl sites for hydroxylation is 1. The topological polar surface area (TPSA) is 78.5 Å². The molecule has 1 heterocycles. The van der Waals surface area contributed by atoms with E-state index in [1.807, 2.05) is 37.3 Å². The molecule has 0 unspecified atom stereocenters. The van der Waals surface area contributed by atoms with Crippen LogP contribution in [0.25, 0.3) is 0 Å². The van der Waals surface area contributed by atoms with Crippen LogP contribution in [0.3, 0.4) is 0 Å². The molecule has 150 valence electrons. The zero-order valence-electron chi connectivity index (χ0n) is 16.1. The summed E-state index contributed by atoms with van der Waals surface area (Å²) in [7, 11) is -3.49. The molecular weight excluding hydrogens is 374 g/mol. The summed E-state index contributed by atoms with van der Waals surface area (Å²) in [5.41, 5.74) is 2.59. The van der Waals surface area contributed by atoms with Crippen LogP contribution in [0.2, 0.25) is 0 Å². The summed E-state index contributed by atoms with van der Waals surface area (Å²) >= 11 is 0. The van der Waals surface area contributed by atoms with Crippen molar-refractivity contribution >= 4 is 21.6 Å². The quantitative estimate of drug-likeness (QED) is 0.748. The average molecular weight is 402 g/mol. The highest BCUT2D eigenvalue weighted by Gasteiger charge is 2.26. The molecule has 0 saturated carbocycles. The van der Waals surface area contributed by atoms with Crippen molar-refractivity contribution in [3.63, 3.8) is 0 Å². The van der Waals surface area contributed by atoms with Gasteiger partial charge in [-0.15, -0.1) is 0 Å². The molecule has 2 N–H and O–H groups in total. The molecule has 0 bridgehead atoms. The second kappa shape index (κ2) is 9.21. The van der Waals surface area contributed by atoms with Crippen molar-refractivity contribution in [2.24, 2.45) is 0 Å². The monoisotopic (exact) mass is 401 g/mol. The number of nitrogens with zero attached hydrogens (tertiary/aromatic N) is 1. The van der Waals surface area contributed by atoms with E-state index in [0.717, 1.165) is 30.4 Å². The average Bonchev–Trinajstić information content (AvgIpc) is 2.73. The smallest absolute Gasteiger partial charge is 0.243 e. The van der Waals surface area contributed by atoms with Crippen LogP contribution in [-0.2, 0) is 21.4 Å². The van der Waals surface area contributed by atoms with Crippen molar-refractivity contribution < 1.29 is 13.2 Å².